The van der Waals surface area contributed by atoms with Gasteiger partial charge in [0.2, 0.25) is 5.91 Å². The topological polar surface area (TPSA) is 44.4 Å². The third kappa shape index (κ3) is 4.07. The minimum atomic E-state index is 0.0962. The molecule has 0 spiro atoms. The highest BCUT2D eigenvalue weighted by molar-refractivity contribution is 5.75. The van der Waals surface area contributed by atoms with Crippen molar-refractivity contribution in [2.75, 3.05) is 27.2 Å². The van der Waals surface area contributed by atoms with Crippen molar-refractivity contribution in [2.45, 2.75) is 25.7 Å². The molecule has 1 amide bonds. The molecule has 4 heteroatoms. The van der Waals surface area contributed by atoms with E-state index in [2.05, 4.69) is 22.8 Å². The summed E-state index contributed by atoms with van der Waals surface area (Å²) in [6.45, 7) is 2.42. The Balaban J connectivity index is 2.01. The Morgan fingerprint density at radius 2 is 2.36 bits per heavy atom. The lowest BCUT2D eigenvalue weighted by Crippen LogP contribution is -2.33. The van der Waals surface area contributed by atoms with E-state index in [1.165, 1.54) is 25.9 Å². The van der Waals surface area contributed by atoms with Gasteiger partial charge in [0.1, 0.15) is 0 Å². The predicted octanol–water partition coefficient (Wildman–Crippen LogP) is 0.359. The van der Waals surface area contributed by atoms with Crippen LogP contribution in [0.25, 0.3) is 0 Å². The van der Waals surface area contributed by atoms with Crippen LogP contribution in [0.1, 0.15) is 25.7 Å². The molecule has 14 heavy (non-hydrogen) atoms. The number of rotatable bonds is 5. The Morgan fingerprint density at radius 3 is 2.93 bits per heavy atom. The molecular formula is C10H21N3O. The molecule has 1 heterocycles. The van der Waals surface area contributed by atoms with Gasteiger partial charge in [0.05, 0.1) is 0 Å². The molecule has 1 aliphatic heterocycles. The van der Waals surface area contributed by atoms with Gasteiger partial charge in [0, 0.05) is 20.0 Å². The first kappa shape index (κ1) is 11.5. The zero-order valence-corrected chi connectivity index (χ0v) is 9.18. The zero-order chi connectivity index (χ0) is 10.4. The van der Waals surface area contributed by atoms with Crippen LogP contribution in [0.3, 0.4) is 0 Å². The quantitative estimate of drug-likeness (QED) is 0.628. The van der Waals surface area contributed by atoms with E-state index >= 15 is 0 Å². The van der Waals surface area contributed by atoms with Crippen LogP contribution in [0.4, 0.5) is 0 Å². The molecule has 1 rings (SSSR count). The van der Waals surface area contributed by atoms with E-state index in [1.54, 1.807) is 7.05 Å². The van der Waals surface area contributed by atoms with Crippen LogP contribution in [0.2, 0.25) is 0 Å². The largest absolute Gasteiger partial charge is 0.306 e. The number of hydrogen-bond acceptors (Lipinski definition) is 3. The van der Waals surface area contributed by atoms with Gasteiger partial charge in [-0.2, -0.15) is 0 Å². The van der Waals surface area contributed by atoms with Gasteiger partial charge < -0.3 is 4.90 Å². The first-order valence-corrected chi connectivity index (χ1v) is 5.36. The van der Waals surface area contributed by atoms with Crippen LogP contribution in [0.5, 0.6) is 0 Å². The van der Waals surface area contributed by atoms with Crippen molar-refractivity contribution in [3.63, 3.8) is 0 Å². The van der Waals surface area contributed by atoms with Gasteiger partial charge in [-0.3, -0.25) is 10.2 Å². The molecule has 1 atom stereocenters. The minimum Gasteiger partial charge on any atom is -0.306 e. The molecule has 0 aromatic carbocycles. The fourth-order valence-corrected chi connectivity index (χ4v) is 2.02. The maximum Gasteiger partial charge on any atom is 0.234 e. The Hall–Kier alpha value is -0.610. The van der Waals surface area contributed by atoms with Gasteiger partial charge in [0.15, 0.2) is 0 Å². The molecule has 82 valence electrons. The fourth-order valence-electron chi connectivity index (χ4n) is 2.02. The number of carbonyl (C=O) groups excluding carboxylic acids is 1. The summed E-state index contributed by atoms with van der Waals surface area (Å²) in [7, 11) is 3.87. The second-order valence-corrected chi connectivity index (χ2v) is 4.11. The average molecular weight is 199 g/mol. The standard InChI is InChI=1S/C10H21N3O/c1-11-12-10(14)5-3-4-9-6-7-13(2)8-9/h9,11H,3-8H2,1-2H3,(H,12,14). The maximum absolute atomic E-state index is 11.1. The highest BCUT2D eigenvalue weighted by atomic mass is 16.2. The Labute approximate surface area is 86.0 Å². The SMILES string of the molecule is CNNC(=O)CCCC1CCN(C)C1. The second-order valence-electron chi connectivity index (χ2n) is 4.11. The molecule has 0 saturated carbocycles. The maximum atomic E-state index is 11.1. The number of amides is 1. The van der Waals surface area contributed by atoms with Crippen molar-refractivity contribution in [3.8, 4) is 0 Å². The molecule has 4 nitrogen and oxygen atoms in total. The summed E-state index contributed by atoms with van der Waals surface area (Å²) in [5.41, 5.74) is 5.23. The van der Waals surface area contributed by atoms with E-state index < -0.39 is 0 Å². The summed E-state index contributed by atoms with van der Waals surface area (Å²) in [5.74, 6) is 0.904. The normalized spacial score (nSPS) is 22.6. The van der Waals surface area contributed by atoms with Crippen molar-refractivity contribution in [1.29, 1.82) is 0 Å². The van der Waals surface area contributed by atoms with Crippen LogP contribution in [-0.2, 0) is 4.79 Å². The monoisotopic (exact) mass is 199 g/mol. The Morgan fingerprint density at radius 1 is 1.57 bits per heavy atom. The molecule has 0 aliphatic carbocycles. The van der Waals surface area contributed by atoms with Crippen molar-refractivity contribution < 1.29 is 4.79 Å². The molecular weight excluding hydrogens is 178 g/mol. The van der Waals surface area contributed by atoms with Gasteiger partial charge in [-0.15, -0.1) is 0 Å². The molecule has 1 saturated heterocycles. The number of nitrogens with zero attached hydrogens (tertiary/aromatic N) is 1. The van der Waals surface area contributed by atoms with Crippen molar-refractivity contribution in [3.05, 3.63) is 0 Å². The lowest BCUT2D eigenvalue weighted by atomic mass is 10.0. The summed E-state index contributed by atoms with van der Waals surface area (Å²) in [6.07, 6.45) is 4.12. The molecule has 1 fully saturated rings. The number of hydrogen-bond donors (Lipinski definition) is 2. The van der Waals surface area contributed by atoms with Crippen LogP contribution < -0.4 is 10.9 Å². The lowest BCUT2D eigenvalue weighted by Gasteiger charge is -2.09. The van der Waals surface area contributed by atoms with Crippen LogP contribution >= 0.6 is 0 Å². The van der Waals surface area contributed by atoms with E-state index in [0.29, 0.717) is 6.42 Å². The van der Waals surface area contributed by atoms with Crippen LogP contribution in [0, 0.1) is 5.92 Å². The van der Waals surface area contributed by atoms with Gasteiger partial charge in [0.25, 0.3) is 0 Å². The summed E-state index contributed by atoms with van der Waals surface area (Å²) in [5, 5.41) is 0. The minimum absolute atomic E-state index is 0.0962. The van der Waals surface area contributed by atoms with Crippen LogP contribution in [0.15, 0.2) is 0 Å². The smallest absolute Gasteiger partial charge is 0.234 e. The van der Waals surface area contributed by atoms with Gasteiger partial charge in [-0.1, -0.05) is 0 Å². The summed E-state index contributed by atoms with van der Waals surface area (Å²) >= 11 is 0. The number of hydrazine groups is 1. The number of nitrogens with one attached hydrogen (secondary N) is 2. The Kier molecular flexibility index (Phi) is 4.90. The lowest BCUT2D eigenvalue weighted by molar-refractivity contribution is -0.122. The first-order valence-electron chi connectivity index (χ1n) is 5.36. The summed E-state index contributed by atoms with van der Waals surface area (Å²) < 4.78 is 0. The molecule has 0 aromatic heterocycles. The fraction of sp³-hybridized carbons (Fsp3) is 0.900. The molecule has 0 aromatic rings. The predicted molar refractivity (Wildman–Crippen MR) is 56.7 cm³/mol. The van der Waals surface area contributed by atoms with Crippen molar-refractivity contribution in [2.24, 2.45) is 5.92 Å². The summed E-state index contributed by atoms with van der Waals surface area (Å²) in [6, 6.07) is 0. The van der Waals surface area contributed by atoms with E-state index in [9.17, 15) is 4.79 Å². The molecule has 2 N–H and O–H groups in total. The van der Waals surface area contributed by atoms with E-state index in [0.717, 1.165) is 12.3 Å². The van der Waals surface area contributed by atoms with Crippen LogP contribution in [-0.4, -0.2) is 38.0 Å². The third-order valence-electron chi connectivity index (χ3n) is 2.77. The number of carbonyl (C=O) groups is 1. The van der Waals surface area contributed by atoms with E-state index in [4.69, 9.17) is 0 Å². The number of likely N-dealkylation sites (tertiary alicyclic amines) is 1. The van der Waals surface area contributed by atoms with E-state index in [-0.39, 0.29) is 5.91 Å². The average Bonchev–Trinajstić information content (AvgIpc) is 2.52. The first-order chi connectivity index (χ1) is 6.72. The van der Waals surface area contributed by atoms with E-state index in [1.807, 2.05) is 0 Å². The van der Waals surface area contributed by atoms with Crippen molar-refractivity contribution >= 4 is 5.91 Å². The molecule has 1 unspecified atom stereocenters. The highest BCUT2D eigenvalue weighted by Gasteiger charge is 2.18. The van der Waals surface area contributed by atoms with Gasteiger partial charge >= 0.3 is 0 Å². The summed E-state index contributed by atoms with van der Waals surface area (Å²) in [4.78, 5) is 13.5. The second kappa shape index (κ2) is 5.98. The zero-order valence-electron chi connectivity index (χ0n) is 9.18. The Bertz CT molecular complexity index is 184. The third-order valence-corrected chi connectivity index (χ3v) is 2.77. The molecule has 1 aliphatic rings. The van der Waals surface area contributed by atoms with Gasteiger partial charge in [-0.25, -0.2) is 5.43 Å². The van der Waals surface area contributed by atoms with Gasteiger partial charge in [-0.05, 0) is 38.8 Å². The molecule has 0 radical (unpaired) electrons. The highest BCUT2D eigenvalue weighted by Crippen LogP contribution is 2.19. The van der Waals surface area contributed by atoms with Crippen molar-refractivity contribution in [1.82, 2.24) is 15.8 Å². The molecule has 0 bridgehead atoms.